The summed E-state index contributed by atoms with van der Waals surface area (Å²) in [5.41, 5.74) is 7.73. The Morgan fingerprint density at radius 1 is 1.41 bits per heavy atom. The SMILES string of the molecule is Cc1nsc(NC(=O)c2ccc3[nH]c(CCCN)nc3c2)n1. The van der Waals surface area contributed by atoms with Crippen molar-refractivity contribution in [3.8, 4) is 0 Å². The molecule has 0 saturated carbocycles. The average Bonchev–Trinajstić information content (AvgIpc) is 3.09. The van der Waals surface area contributed by atoms with E-state index in [0.717, 1.165) is 41.2 Å². The van der Waals surface area contributed by atoms with Crippen LogP contribution in [0.4, 0.5) is 5.13 Å². The Morgan fingerprint density at radius 2 is 2.27 bits per heavy atom. The van der Waals surface area contributed by atoms with Crippen molar-refractivity contribution in [1.82, 2.24) is 19.3 Å². The van der Waals surface area contributed by atoms with E-state index >= 15 is 0 Å². The molecule has 3 rings (SSSR count). The number of anilines is 1. The van der Waals surface area contributed by atoms with Crippen molar-refractivity contribution in [3.63, 3.8) is 0 Å². The van der Waals surface area contributed by atoms with Crippen LogP contribution in [0.5, 0.6) is 0 Å². The molecule has 0 aliphatic heterocycles. The van der Waals surface area contributed by atoms with Crippen LogP contribution < -0.4 is 11.1 Å². The third-order valence-electron chi connectivity index (χ3n) is 3.16. The lowest BCUT2D eigenvalue weighted by Crippen LogP contribution is -2.11. The highest BCUT2D eigenvalue weighted by molar-refractivity contribution is 7.09. The van der Waals surface area contributed by atoms with Crippen molar-refractivity contribution < 1.29 is 4.79 Å². The molecule has 2 heterocycles. The van der Waals surface area contributed by atoms with Gasteiger partial charge in [0.25, 0.3) is 5.91 Å². The summed E-state index contributed by atoms with van der Waals surface area (Å²) in [5, 5.41) is 3.23. The van der Waals surface area contributed by atoms with Gasteiger partial charge in [0.2, 0.25) is 5.13 Å². The van der Waals surface area contributed by atoms with E-state index in [1.807, 2.05) is 6.07 Å². The van der Waals surface area contributed by atoms with Crippen LogP contribution in [-0.4, -0.2) is 31.8 Å². The van der Waals surface area contributed by atoms with Gasteiger partial charge in [0.1, 0.15) is 11.6 Å². The van der Waals surface area contributed by atoms with Gasteiger partial charge in [-0.05, 0) is 38.1 Å². The molecule has 0 fully saturated rings. The first kappa shape index (κ1) is 14.6. The molecule has 0 radical (unpaired) electrons. The third kappa shape index (κ3) is 3.12. The predicted octanol–water partition coefficient (Wildman–Crippen LogP) is 1.87. The number of rotatable bonds is 5. The van der Waals surface area contributed by atoms with Gasteiger partial charge in [-0.25, -0.2) is 9.97 Å². The first-order chi connectivity index (χ1) is 10.7. The van der Waals surface area contributed by atoms with Crippen molar-refractivity contribution in [2.75, 3.05) is 11.9 Å². The Hall–Kier alpha value is -2.32. The second kappa shape index (κ2) is 6.20. The van der Waals surface area contributed by atoms with Crippen molar-refractivity contribution in [2.45, 2.75) is 19.8 Å². The monoisotopic (exact) mass is 316 g/mol. The van der Waals surface area contributed by atoms with E-state index in [2.05, 4.69) is 24.6 Å². The molecule has 7 nitrogen and oxygen atoms in total. The van der Waals surface area contributed by atoms with Crippen LogP contribution in [0.2, 0.25) is 0 Å². The maximum Gasteiger partial charge on any atom is 0.257 e. The molecule has 0 unspecified atom stereocenters. The van der Waals surface area contributed by atoms with Gasteiger partial charge >= 0.3 is 0 Å². The van der Waals surface area contributed by atoms with E-state index in [9.17, 15) is 4.79 Å². The zero-order chi connectivity index (χ0) is 15.5. The Bertz CT molecular complexity index is 809. The van der Waals surface area contributed by atoms with Gasteiger partial charge in [-0.1, -0.05) is 0 Å². The number of nitrogens with one attached hydrogen (secondary N) is 2. The van der Waals surface area contributed by atoms with Crippen LogP contribution in [-0.2, 0) is 6.42 Å². The van der Waals surface area contributed by atoms with E-state index in [1.165, 1.54) is 0 Å². The Balaban J connectivity index is 1.79. The number of aryl methyl sites for hydroxylation is 2. The maximum absolute atomic E-state index is 12.2. The van der Waals surface area contributed by atoms with Crippen LogP contribution in [0, 0.1) is 6.92 Å². The minimum absolute atomic E-state index is 0.218. The number of imidazole rings is 1. The minimum atomic E-state index is -0.218. The van der Waals surface area contributed by atoms with Gasteiger partial charge in [0.15, 0.2) is 0 Å². The average molecular weight is 316 g/mol. The van der Waals surface area contributed by atoms with Crippen molar-refractivity contribution >= 4 is 33.6 Å². The molecule has 0 saturated heterocycles. The van der Waals surface area contributed by atoms with Crippen molar-refractivity contribution in [1.29, 1.82) is 0 Å². The van der Waals surface area contributed by atoms with Gasteiger partial charge < -0.3 is 10.7 Å². The smallest absolute Gasteiger partial charge is 0.257 e. The fraction of sp³-hybridized carbons (Fsp3) is 0.286. The third-order valence-corrected chi connectivity index (χ3v) is 3.88. The van der Waals surface area contributed by atoms with E-state index in [0.29, 0.717) is 23.1 Å². The zero-order valence-corrected chi connectivity index (χ0v) is 12.9. The Labute approximate surface area is 131 Å². The summed E-state index contributed by atoms with van der Waals surface area (Å²) in [7, 11) is 0. The molecule has 8 heteroatoms. The molecule has 1 aromatic carbocycles. The summed E-state index contributed by atoms with van der Waals surface area (Å²) in [4.78, 5) is 24.1. The van der Waals surface area contributed by atoms with Crippen LogP contribution in [0.1, 0.15) is 28.4 Å². The first-order valence-corrected chi connectivity index (χ1v) is 7.73. The van der Waals surface area contributed by atoms with E-state index < -0.39 is 0 Å². The number of carbonyl (C=O) groups is 1. The summed E-state index contributed by atoms with van der Waals surface area (Å²) >= 11 is 1.16. The molecule has 3 aromatic rings. The van der Waals surface area contributed by atoms with E-state index in [-0.39, 0.29) is 5.91 Å². The number of nitrogens with two attached hydrogens (primary N) is 1. The molecular formula is C14H16N6OS. The van der Waals surface area contributed by atoms with E-state index in [1.54, 1.807) is 19.1 Å². The van der Waals surface area contributed by atoms with Gasteiger partial charge in [0, 0.05) is 23.5 Å². The van der Waals surface area contributed by atoms with Gasteiger partial charge in [-0.15, -0.1) is 0 Å². The molecule has 2 aromatic heterocycles. The van der Waals surface area contributed by atoms with Crippen molar-refractivity contribution in [2.24, 2.45) is 5.73 Å². The minimum Gasteiger partial charge on any atom is -0.342 e. The summed E-state index contributed by atoms with van der Waals surface area (Å²) in [6.45, 7) is 2.41. The molecule has 0 aliphatic carbocycles. The molecular weight excluding hydrogens is 300 g/mol. The molecule has 1 amide bonds. The van der Waals surface area contributed by atoms with Gasteiger partial charge in [-0.2, -0.15) is 4.37 Å². The summed E-state index contributed by atoms with van der Waals surface area (Å²) < 4.78 is 4.03. The second-order valence-corrected chi connectivity index (χ2v) is 5.66. The molecule has 0 aliphatic rings. The van der Waals surface area contributed by atoms with Crippen LogP contribution in [0.25, 0.3) is 11.0 Å². The number of aromatic amines is 1. The summed E-state index contributed by atoms with van der Waals surface area (Å²) in [6.07, 6.45) is 1.68. The molecule has 22 heavy (non-hydrogen) atoms. The number of benzene rings is 1. The number of hydrogen-bond acceptors (Lipinski definition) is 6. The lowest BCUT2D eigenvalue weighted by Gasteiger charge is -2.00. The normalized spacial score (nSPS) is 11.0. The highest BCUT2D eigenvalue weighted by Crippen LogP contribution is 2.17. The molecule has 0 atom stereocenters. The molecule has 0 bridgehead atoms. The number of amides is 1. The predicted molar refractivity (Wildman–Crippen MR) is 86.1 cm³/mol. The largest absolute Gasteiger partial charge is 0.342 e. The molecule has 0 spiro atoms. The van der Waals surface area contributed by atoms with Crippen LogP contribution in [0.15, 0.2) is 18.2 Å². The number of hydrogen-bond donors (Lipinski definition) is 3. The van der Waals surface area contributed by atoms with E-state index in [4.69, 9.17) is 5.73 Å². The standard InChI is InChI=1S/C14H16N6OS/c1-8-16-14(22-20-8)19-13(21)9-4-5-10-11(7-9)18-12(17-10)3-2-6-15/h4-5,7H,2-3,6,15H2,1H3,(H,17,18)(H,16,19,20,21). The van der Waals surface area contributed by atoms with Crippen LogP contribution in [0.3, 0.4) is 0 Å². The number of H-pyrrole nitrogens is 1. The maximum atomic E-state index is 12.2. The fourth-order valence-corrected chi connectivity index (χ4v) is 2.68. The fourth-order valence-electron chi connectivity index (χ4n) is 2.10. The van der Waals surface area contributed by atoms with Crippen LogP contribution >= 0.6 is 11.5 Å². The summed E-state index contributed by atoms with van der Waals surface area (Å²) in [6, 6.07) is 5.38. The lowest BCUT2D eigenvalue weighted by atomic mass is 10.2. The Morgan fingerprint density at radius 3 is 3.00 bits per heavy atom. The first-order valence-electron chi connectivity index (χ1n) is 6.96. The Kier molecular flexibility index (Phi) is 4.12. The van der Waals surface area contributed by atoms with Gasteiger partial charge in [-0.3, -0.25) is 10.1 Å². The highest BCUT2D eigenvalue weighted by atomic mass is 32.1. The topological polar surface area (TPSA) is 110 Å². The molecule has 4 N–H and O–H groups in total. The quantitative estimate of drug-likeness (QED) is 0.665. The number of aromatic nitrogens is 4. The highest BCUT2D eigenvalue weighted by Gasteiger charge is 2.11. The second-order valence-electron chi connectivity index (χ2n) is 4.91. The van der Waals surface area contributed by atoms with Crippen molar-refractivity contribution in [3.05, 3.63) is 35.4 Å². The number of carbonyl (C=O) groups excluding carboxylic acids is 1. The van der Waals surface area contributed by atoms with Gasteiger partial charge in [0.05, 0.1) is 11.0 Å². The number of nitrogens with zero attached hydrogens (tertiary/aromatic N) is 3. The molecule has 114 valence electrons. The zero-order valence-electron chi connectivity index (χ0n) is 12.1. The lowest BCUT2D eigenvalue weighted by molar-refractivity contribution is 0.102. The summed E-state index contributed by atoms with van der Waals surface area (Å²) in [5.74, 6) is 1.31. The number of fused-ring (bicyclic) bond motifs is 1.